The van der Waals surface area contributed by atoms with Crippen LogP contribution in [0.2, 0.25) is 0 Å². The number of aromatic nitrogens is 1. The Morgan fingerprint density at radius 3 is 2.56 bits per heavy atom. The van der Waals surface area contributed by atoms with Crippen LogP contribution in [0.5, 0.6) is 0 Å². The maximum Gasteiger partial charge on any atom is 0.244 e. The summed E-state index contributed by atoms with van der Waals surface area (Å²) in [6.45, 7) is 0. The van der Waals surface area contributed by atoms with Crippen LogP contribution in [0.4, 0.5) is 0 Å². The zero-order valence-electron chi connectivity index (χ0n) is 10.3. The largest absolute Gasteiger partial charge is 0.366 e. The van der Waals surface area contributed by atoms with Crippen LogP contribution in [0.15, 0.2) is 23.4 Å². The fraction of sp³-hybridized carbons (Fsp3) is 0.583. The molecule has 1 saturated carbocycles. The molecule has 0 unspecified atom stereocenters. The molecule has 6 heteroatoms. The van der Waals surface area contributed by atoms with Crippen LogP contribution >= 0.6 is 0 Å². The zero-order chi connectivity index (χ0) is 13.2. The highest BCUT2D eigenvalue weighted by Crippen LogP contribution is 2.29. The predicted molar refractivity (Wildman–Crippen MR) is 67.1 cm³/mol. The average Bonchev–Trinajstić information content (AvgIpc) is 2.92. The summed E-state index contributed by atoms with van der Waals surface area (Å²) < 4.78 is 26.0. The number of nitriles is 1. The molecular formula is C12H17N3O2S. The van der Waals surface area contributed by atoms with Gasteiger partial charge in [0.05, 0.1) is 11.0 Å². The number of H-pyrrole nitrogens is 1. The molecule has 18 heavy (non-hydrogen) atoms. The molecule has 1 fully saturated rings. The summed E-state index contributed by atoms with van der Waals surface area (Å²) in [5.74, 6) is 0.0876. The molecule has 0 aliphatic heterocycles. The Balaban J connectivity index is 2.09. The first-order valence-corrected chi connectivity index (χ1v) is 7.50. The van der Waals surface area contributed by atoms with Gasteiger partial charge in [-0.3, -0.25) is 0 Å². The number of aromatic amines is 1. The molecule has 0 spiro atoms. The van der Waals surface area contributed by atoms with Crippen molar-refractivity contribution in [1.29, 1.82) is 5.26 Å². The molecule has 0 radical (unpaired) electrons. The first-order valence-electron chi connectivity index (χ1n) is 6.06. The summed E-state index contributed by atoms with van der Waals surface area (Å²) in [7, 11) is -1.78. The molecule has 0 aromatic carbocycles. The molecule has 1 aliphatic carbocycles. The van der Waals surface area contributed by atoms with Crippen LogP contribution < -0.4 is 0 Å². The maximum absolute atomic E-state index is 12.3. The Morgan fingerprint density at radius 1 is 1.39 bits per heavy atom. The molecule has 1 N–H and O–H groups in total. The van der Waals surface area contributed by atoms with Crippen LogP contribution in [0.25, 0.3) is 0 Å². The van der Waals surface area contributed by atoms with Gasteiger partial charge in [-0.05, 0) is 31.7 Å². The normalized spacial score (nSPS) is 24.9. The second-order valence-electron chi connectivity index (χ2n) is 4.70. The van der Waals surface area contributed by atoms with E-state index in [1.807, 2.05) is 0 Å². The minimum atomic E-state index is -3.40. The number of sulfonamides is 1. The van der Waals surface area contributed by atoms with Gasteiger partial charge < -0.3 is 4.98 Å². The van der Waals surface area contributed by atoms with Crippen LogP contribution in [0.1, 0.15) is 25.7 Å². The summed E-state index contributed by atoms with van der Waals surface area (Å²) >= 11 is 0. The van der Waals surface area contributed by atoms with Crippen molar-refractivity contribution in [2.45, 2.75) is 36.6 Å². The van der Waals surface area contributed by atoms with Crippen molar-refractivity contribution in [3.8, 4) is 6.07 Å². The van der Waals surface area contributed by atoms with E-state index in [9.17, 15) is 8.42 Å². The quantitative estimate of drug-likeness (QED) is 0.905. The van der Waals surface area contributed by atoms with Crippen molar-refractivity contribution >= 4 is 10.0 Å². The number of nitrogens with one attached hydrogen (secondary N) is 1. The van der Waals surface area contributed by atoms with Crippen molar-refractivity contribution < 1.29 is 8.42 Å². The SMILES string of the molecule is CN(C1CCC(C#N)CC1)S(=O)(=O)c1cc[nH]c1. The standard InChI is InChI=1S/C12H17N3O2S/c1-15(11-4-2-10(8-13)3-5-11)18(16,17)12-6-7-14-9-12/h6-7,9-11,14H,2-5H2,1H3. The van der Waals surface area contributed by atoms with Crippen LogP contribution in [-0.4, -0.2) is 30.8 Å². The second-order valence-corrected chi connectivity index (χ2v) is 6.70. The van der Waals surface area contributed by atoms with Gasteiger partial charge in [0.1, 0.15) is 0 Å². The topological polar surface area (TPSA) is 77.0 Å². The third-order valence-corrected chi connectivity index (χ3v) is 5.55. The Bertz CT molecular complexity index is 522. The summed E-state index contributed by atoms with van der Waals surface area (Å²) in [6.07, 6.45) is 6.19. The summed E-state index contributed by atoms with van der Waals surface area (Å²) in [4.78, 5) is 3.06. The van der Waals surface area contributed by atoms with Gasteiger partial charge in [-0.25, -0.2) is 8.42 Å². The molecule has 0 bridgehead atoms. The van der Waals surface area contributed by atoms with Crippen LogP contribution in [-0.2, 0) is 10.0 Å². The molecule has 2 rings (SSSR count). The van der Waals surface area contributed by atoms with E-state index in [0.717, 1.165) is 25.7 Å². The molecule has 1 aromatic heterocycles. The highest BCUT2D eigenvalue weighted by molar-refractivity contribution is 7.89. The maximum atomic E-state index is 12.3. The first-order chi connectivity index (χ1) is 8.55. The fourth-order valence-corrected chi connectivity index (χ4v) is 3.79. The Morgan fingerprint density at radius 2 is 2.06 bits per heavy atom. The van der Waals surface area contributed by atoms with E-state index in [0.29, 0.717) is 4.90 Å². The molecule has 0 amide bonds. The monoisotopic (exact) mass is 267 g/mol. The lowest BCUT2D eigenvalue weighted by atomic mass is 9.87. The molecule has 5 nitrogen and oxygen atoms in total. The highest BCUT2D eigenvalue weighted by Gasteiger charge is 2.31. The minimum absolute atomic E-state index is 0.00880. The highest BCUT2D eigenvalue weighted by atomic mass is 32.2. The van der Waals surface area contributed by atoms with Crippen molar-refractivity contribution in [2.75, 3.05) is 7.05 Å². The minimum Gasteiger partial charge on any atom is -0.366 e. The summed E-state index contributed by atoms with van der Waals surface area (Å²) in [5, 5.41) is 8.84. The molecule has 1 aromatic rings. The Hall–Kier alpha value is -1.32. The van der Waals surface area contributed by atoms with Gasteiger partial charge >= 0.3 is 0 Å². The molecule has 1 heterocycles. The number of rotatable bonds is 3. The van der Waals surface area contributed by atoms with Gasteiger partial charge in [0.15, 0.2) is 0 Å². The summed E-state index contributed by atoms with van der Waals surface area (Å²) in [6, 6.07) is 3.83. The average molecular weight is 267 g/mol. The van der Waals surface area contributed by atoms with Gasteiger partial charge in [0.2, 0.25) is 10.0 Å². The Labute approximate surface area is 107 Å². The van der Waals surface area contributed by atoms with E-state index in [-0.39, 0.29) is 12.0 Å². The number of hydrogen-bond acceptors (Lipinski definition) is 3. The van der Waals surface area contributed by atoms with E-state index in [4.69, 9.17) is 5.26 Å². The van der Waals surface area contributed by atoms with Gasteiger partial charge in [0.25, 0.3) is 0 Å². The number of hydrogen-bond donors (Lipinski definition) is 1. The van der Waals surface area contributed by atoms with Crippen LogP contribution in [0, 0.1) is 17.2 Å². The van der Waals surface area contributed by atoms with Gasteiger partial charge in [-0.2, -0.15) is 9.57 Å². The van der Waals surface area contributed by atoms with E-state index in [1.165, 1.54) is 10.5 Å². The van der Waals surface area contributed by atoms with Crippen molar-refractivity contribution in [3.05, 3.63) is 18.5 Å². The van der Waals surface area contributed by atoms with Crippen molar-refractivity contribution in [3.63, 3.8) is 0 Å². The molecular weight excluding hydrogens is 250 g/mol. The third-order valence-electron chi connectivity index (χ3n) is 3.64. The smallest absolute Gasteiger partial charge is 0.244 e. The predicted octanol–water partition coefficient (Wildman–Crippen LogP) is 1.72. The van der Waals surface area contributed by atoms with Gasteiger partial charge in [-0.1, -0.05) is 0 Å². The lowest BCUT2D eigenvalue weighted by molar-refractivity contribution is 0.261. The summed E-state index contributed by atoms with van der Waals surface area (Å²) in [5.41, 5.74) is 0. The third kappa shape index (κ3) is 2.42. The van der Waals surface area contributed by atoms with Gasteiger partial charge in [-0.15, -0.1) is 0 Å². The molecule has 1 aliphatic rings. The van der Waals surface area contributed by atoms with Gasteiger partial charge in [0, 0.05) is 31.4 Å². The Kier molecular flexibility index (Phi) is 3.73. The van der Waals surface area contributed by atoms with Crippen molar-refractivity contribution in [1.82, 2.24) is 9.29 Å². The van der Waals surface area contributed by atoms with Crippen LogP contribution in [0.3, 0.4) is 0 Å². The number of nitrogens with zero attached hydrogens (tertiary/aromatic N) is 2. The molecule has 98 valence electrons. The first kappa shape index (κ1) is 13.1. The van der Waals surface area contributed by atoms with E-state index < -0.39 is 10.0 Å². The van der Waals surface area contributed by atoms with Crippen molar-refractivity contribution in [2.24, 2.45) is 5.92 Å². The fourth-order valence-electron chi connectivity index (χ4n) is 2.40. The second kappa shape index (κ2) is 5.12. The zero-order valence-corrected chi connectivity index (χ0v) is 11.2. The van der Waals surface area contributed by atoms with E-state index in [1.54, 1.807) is 19.3 Å². The lowest BCUT2D eigenvalue weighted by Gasteiger charge is -2.31. The lowest BCUT2D eigenvalue weighted by Crippen LogP contribution is -2.39. The molecule has 0 saturated heterocycles. The van der Waals surface area contributed by atoms with E-state index >= 15 is 0 Å². The molecule has 0 atom stereocenters. The van der Waals surface area contributed by atoms with E-state index in [2.05, 4.69) is 11.1 Å².